The maximum atomic E-state index is 13.4. The van der Waals surface area contributed by atoms with Crippen molar-refractivity contribution in [2.24, 2.45) is 0 Å². The topological polar surface area (TPSA) is 105 Å². The number of fused-ring (bicyclic) bond motifs is 4. The van der Waals surface area contributed by atoms with Gasteiger partial charge in [0.05, 0.1) is 12.1 Å². The van der Waals surface area contributed by atoms with E-state index in [9.17, 15) is 19.5 Å². The van der Waals surface area contributed by atoms with Crippen LogP contribution in [0.5, 0.6) is 0 Å². The molecule has 2 heterocycles. The number of hydrogen-bond acceptors (Lipinski definition) is 5. The lowest BCUT2D eigenvalue weighted by Gasteiger charge is -2.30. The van der Waals surface area contributed by atoms with Gasteiger partial charge in [0.15, 0.2) is 0 Å². The summed E-state index contributed by atoms with van der Waals surface area (Å²) in [4.78, 5) is 39.2. The predicted octanol–water partition coefficient (Wildman–Crippen LogP) is 2.76. The second kappa shape index (κ2) is 9.43. The van der Waals surface area contributed by atoms with Crippen molar-refractivity contribution >= 4 is 18.0 Å². The third-order valence-electron chi connectivity index (χ3n) is 7.12. The lowest BCUT2D eigenvalue weighted by atomic mass is 9.98. The van der Waals surface area contributed by atoms with Crippen LogP contribution in [0.15, 0.2) is 48.5 Å². The molecule has 2 fully saturated rings. The number of hydrogen-bond donors (Lipinski definition) is 2. The zero-order valence-corrected chi connectivity index (χ0v) is 19.1. The maximum absolute atomic E-state index is 13.4. The minimum absolute atomic E-state index is 0.0793. The van der Waals surface area contributed by atoms with Crippen molar-refractivity contribution in [3.63, 3.8) is 0 Å². The Morgan fingerprint density at radius 1 is 1.14 bits per heavy atom. The van der Waals surface area contributed by atoms with Gasteiger partial charge in [-0.2, -0.15) is 0 Å². The number of amides is 2. The monoisotopic (exact) mass is 474 g/mol. The number of carboxylic acid groups (broad SMARTS) is 1. The second-order valence-corrected chi connectivity index (χ2v) is 9.03. The Kier molecular flexibility index (Phi) is 6.18. The van der Waals surface area contributed by atoms with Crippen LogP contribution in [0.4, 0.5) is 4.79 Å². The molecular weight excluding hydrogens is 448 g/mol. The Morgan fingerprint density at radius 2 is 1.80 bits per heavy atom. The van der Waals surface area contributed by atoms with Crippen LogP contribution >= 0.6 is 0 Å². The van der Waals surface area contributed by atoms with Gasteiger partial charge in [0, 0.05) is 25.4 Å². The molecule has 2 aromatic carbocycles. The van der Waals surface area contributed by atoms with Gasteiger partial charge in [0.1, 0.15) is 18.7 Å². The molecule has 0 bridgehead atoms. The van der Waals surface area contributed by atoms with Gasteiger partial charge < -0.3 is 24.8 Å². The third kappa shape index (κ3) is 4.13. The van der Waals surface area contributed by atoms with Crippen LogP contribution in [-0.2, 0) is 19.1 Å². The second-order valence-electron chi connectivity index (χ2n) is 9.03. The molecule has 8 heteroatoms. The molecule has 2 saturated heterocycles. The number of aliphatic carboxylic acids is 1. The molecule has 2 aliphatic heterocycles. The smallest absolute Gasteiger partial charge is 0.407 e. The molecule has 5 rings (SSSR count). The van der Waals surface area contributed by atoms with Gasteiger partial charge in [-0.25, -0.2) is 9.59 Å². The van der Waals surface area contributed by atoms with Crippen LogP contribution in [0.1, 0.15) is 36.3 Å². The maximum Gasteiger partial charge on any atom is 0.407 e. The molecule has 8 nitrogen and oxygen atoms in total. The molecule has 0 saturated carbocycles. The van der Waals surface area contributed by atoms with Gasteiger partial charge in [0.2, 0.25) is 5.91 Å². The number of carbonyl (C=O) groups excluding carboxylic acids is 2. The number of nitrogens with one attached hydrogen (secondary N) is 1. The van der Waals surface area contributed by atoms with Gasteiger partial charge in [0.25, 0.3) is 0 Å². The first-order chi connectivity index (χ1) is 17.0. The highest BCUT2D eigenvalue weighted by Crippen LogP contribution is 2.44. The van der Waals surface area contributed by atoms with Crippen LogP contribution in [0.2, 0.25) is 0 Å². The summed E-state index contributed by atoms with van der Waals surface area (Å²) in [6, 6.07) is 13.6. The van der Waals surface area contributed by atoms with E-state index in [4.69, 9.17) is 15.9 Å². The number of terminal acetylenes is 1. The summed E-state index contributed by atoms with van der Waals surface area (Å²) < 4.78 is 11.2. The normalized spacial score (nSPS) is 23.1. The highest BCUT2D eigenvalue weighted by atomic mass is 16.5. The van der Waals surface area contributed by atoms with E-state index in [0.717, 1.165) is 22.3 Å². The lowest BCUT2D eigenvalue weighted by Crippen LogP contribution is -2.54. The zero-order chi connectivity index (χ0) is 24.5. The molecule has 0 aromatic heterocycles. The number of carboxylic acids is 1. The first kappa shape index (κ1) is 22.9. The SMILES string of the molecule is C#CCC(NC(=O)OCC1c2ccccc2-c2ccccc21)C(=O)N1C(C(=O)O)CC2OCCC21. The molecule has 0 spiro atoms. The molecule has 4 atom stereocenters. The Balaban J connectivity index is 1.28. The first-order valence-corrected chi connectivity index (χ1v) is 11.7. The fourth-order valence-corrected chi connectivity index (χ4v) is 5.56. The van der Waals surface area contributed by atoms with Crippen LogP contribution in [0.25, 0.3) is 11.1 Å². The average molecular weight is 475 g/mol. The minimum atomic E-state index is -1.10. The van der Waals surface area contributed by atoms with E-state index < -0.39 is 30.1 Å². The van der Waals surface area contributed by atoms with Gasteiger partial charge in [-0.3, -0.25) is 4.79 Å². The summed E-state index contributed by atoms with van der Waals surface area (Å²) in [5.41, 5.74) is 4.37. The molecule has 3 aliphatic rings. The summed E-state index contributed by atoms with van der Waals surface area (Å²) in [5.74, 6) is 0.658. The fourth-order valence-electron chi connectivity index (χ4n) is 5.56. The standard InChI is InChI=1S/C27H26N2O6/c1-2-7-21(25(30)29-22-12-13-34-24(22)14-23(29)26(31)32)28-27(33)35-15-20-18-10-5-3-8-16(18)17-9-4-6-11-19(17)20/h1,3-6,8-11,20-24H,7,12-15H2,(H,28,33)(H,31,32). The van der Waals surface area contributed by atoms with Gasteiger partial charge in [-0.05, 0) is 28.7 Å². The fraction of sp³-hybridized carbons (Fsp3) is 0.370. The Bertz CT molecular complexity index is 1160. The summed E-state index contributed by atoms with van der Waals surface area (Å²) in [6.45, 7) is 0.557. The Hall–Kier alpha value is -3.83. The van der Waals surface area contributed by atoms with Crippen molar-refractivity contribution in [2.75, 3.05) is 13.2 Å². The molecule has 2 aromatic rings. The van der Waals surface area contributed by atoms with Crippen molar-refractivity contribution in [1.29, 1.82) is 0 Å². The lowest BCUT2D eigenvalue weighted by molar-refractivity contribution is -0.150. The van der Waals surface area contributed by atoms with E-state index >= 15 is 0 Å². The zero-order valence-electron chi connectivity index (χ0n) is 19.1. The highest BCUT2D eigenvalue weighted by Gasteiger charge is 2.51. The molecule has 0 radical (unpaired) electrons. The number of benzene rings is 2. The molecule has 4 unspecified atom stereocenters. The summed E-state index contributed by atoms with van der Waals surface area (Å²) in [7, 11) is 0. The highest BCUT2D eigenvalue weighted by molar-refractivity contribution is 5.90. The predicted molar refractivity (Wildman–Crippen MR) is 126 cm³/mol. The number of nitrogens with zero attached hydrogens (tertiary/aromatic N) is 1. The largest absolute Gasteiger partial charge is 0.480 e. The van der Waals surface area contributed by atoms with E-state index in [0.29, 0.717) is 13.0 Å². The van der Waals surface area contributed by atoms with Crippen LogP contribution in [0.3, 0.4) is 0 Å². The van der Waals surface area contributed by atoms with E-state index in [2.05, 4.69) is 11.2 Å². The molecular formula is C27H26N2O6. The Labute approximate surface area is 203 Å². The van der Waals surface area contributed by atoms with E-state index in [1.807, 2.05) is 48.5 Å². The number of carbonyl (C=O) groups is 3. The molecule has 35 heavy (non-hydrogen) atoms. The van der Waals surface area contributed by atoms with Crippen molar-refractivity contribution in [3.8, 4) is 23.5 Å². The summed E-state index contributed by atoms with van der Waals surface area (Å²) in [5, 5.41) is 12.2. The van der Waals surface area contributed by atoms with Crippen molar-refractivity contribution in [2.45, 2.75) is 49.4 Å². The average Bonchev–Trinajstić information content (AvgIpc) is 3.54. The molecule has 180 valence electrons. The molecule has 2 amide bonds. The Morgan fingerprint density at radius 3 is 2.43 bits per heavy atom. The molecule has 1 aliphatic carbocycles. The molecule has 2 N–H and O–H groups in total. The van der Waals surface area contributed by atoms with Gasteiger partial charge >= 0.3 is 12.1 Å². The number of rotatable bonds is 6. The van der Waals surface area contributed by atoms with E-state index in [1.54, 1.807) is 0 Å². The van der Waals surface area contributed by atoms with Gasteiger partial charge in [-0.15, -0.1) is 12.3 Å². The van der Waals surface area contributed by atoms with Crippen molar-refractivity contribution < 1.29 is 29.0 Å². The van der Waals surface area contributed by atoms with Gasteiger partial charge in [-0.1, -0.05) is 48.5 Å². The number of ether oxygens (including phenoxy) is 2. The third-order valence-corrected chi connectivity index (χ3v) is 7.12. The summed E-state index contributed by atoms with van der Waals surface area (Å²) >= 11 is 0. The first-order valence-electron chi connectivity index (χ1n) is 11.7. The quantitative estimate of drug-likeness (QED) is 0.624. The summed E-state index contributed by atoms with van der Waals surface area (Å²) in [6.07, 6.45) is 5.07. The van der Waals surface area contributed by atoms with Crippen LogP contribution in [0, 0.1) is 12.3 Å². The van der Waals surface area contributed by atoms with Crippen LogP contribution < -0.4 is 5.32 Å². The van der Waals surface area contributed by atoms with Crippen LogP contribution in [-0.4, -0.2) is 65.4 Å². The van der Waals surface area contributed by atoms with Crippen molar-refractivity contribution in [3.05, 3.63) is 59.7 Å². The minimum Gasteiger partial charge on any atom is -0.480 e. The van der Waals surface area contributed by atoms with Crippen molar-refractivity contribution in [1.82, 2.24) is 10.2 Å². The number of likely N-dealkylation sites (tertiary alicyclic amines) is 1. The van der Waals surface area contributed by atoms with E-state index in [1.165, 1.54) is 4.90 Å². The number of alkyl carbamates (subject to hydrolysis) is 1. The van der Waals surface area contributed by atoms with E-state index in [-0.39, 0.29) is 37.5 Å².